The van der Waals surface area contributed by atoms with E-state index in [1.54, 1.807) is 12.4 Å². The Morgan fingerprint density at radius 1 is 1.26 bits per heavy atom. The van der Waals surface area contributed by atoms with E-state index in [4.69, 9.17) is 34.8 Å². The highest BCUT2D eigenvalue weighted by Gasteiger charge is 2.55. The highest BCUT2D eigenvalue weighted by molar-refractivity contribution is 5.75. The Kier molecular flexibility index (Phi) is 7.51. The number of carboxylic acid groups (broad SMARTS) is 1. The number of aliphatic imine (C=N–C) groups is 1. The maximum absolute atomic E-state index is 10.6. The Morgan fingerprint density at radius 2 is 2.00 bits per heavy atom. The van der Waals surface area contributed by atoms with Crippen LogP contribution in [-0.4, -0.2) is 53.2 Å². The SMILES string of the molecule is CC(C)O[C@H]1CC[C@@H]2Oc3ccc(-c4cncc(C#N)c4)cc3[C@]3(COC(N)=N3)[C@H]2C1.O=C(O)C(F)(F)F. The minimum absolute atomic E-state index is 0.0483. The number of fused-ring (bicyclic) bond motifs is 4. The fraction of sp³-hybridized carbons (Fsp3) is 0.462. The number of hydrogen-bond donors (Lipinski definition) is 2. The largest absolute Gasteiger partial charge is 0.490 e. The first kappa shape index (κ1) is 27.2. The van der Waals surface area contributed by atoms with Gasteiger partial charge < -0.3 is 25.1 Å². The van der Waals surface area contributed by atoms with E-state index in [9.17, 15) is 18.4 Å². The summed E-state index contributed by atoms with van der Waals surface area (Å²) in [5, 5.41) is 16.4. The summed E-state index contributed by atoms with van der Waals surface area (Å²) in [6.45, 7) is 4.53. The normalized spacial score (nSPS) is 25.6. The molecule has 0 saturated heterocycles. The molecule has 2 aliphatic heterocycles. The predicted octanol–water partition coefficient (Wildman–Crippen LogP) is 4.15. The van der Waals surface area contributed by atoms with Crippen LogP contribution in [-0.2, 0) is 19.8 Å². The van der Waals surface area contributed by atoms with Crippen LogP contribution >= 0.6 is 0 Å². The molecule has 0 unspecified atom stereocenters. The summed E-state index contributed by atoms with van der Waals surface area (Å²) in [6, 6.07) is 10.3. The number of halogens is 3. The van der Waals surface area contributed by atoms with Gasteiger partial charge in [0.25, 0.3) is 6.02 Å². The van der Waals surface area contributed by atoms with E-state index in [2.05, 4.69) is 31.0 Å². The Labute approximate surface area is 217 Å². The molecule has 1 aromatic heterocycles. The Balaban J connectivity index is 0.000000426. The van der Waals surface area contributed by atoms with Crippen molar-refractivity contribution in [2.24, 2.45) is 16.6 Å². The van der Waals surface area contributed by atoms with Gasteiger partial charge in [0.05, 0.1) is 17.8 Å². The molecule has 3 heterocycles. The average molecular weight is 533 g/mol. The molecule has 0 radical (unpaired) electrons. The fourth-order valence-electron chi connectivity index (χ4n) is 5.20. The first-order valence-corrected chi connectivity index (χ1v) is 12.0. The molecule has 1 aliphatic carbocycles. The summed E-state index contributed by atoms with van der Waals surface area (Å²) >= 11 is 0. The van der Waals surface area contributed by atoms with Crippen molar-refractivity contribution in [1.29, 1.82) is 5.26 Å². The molecule has 5 rings (SSSR count). The Morgan fingerprint density at radius 3 is 2.61 bits per heavy atom. The van der Waals surface area contributed by atoms with Crippen LogP contribution in [0.15, 0.2) is 41.7 Å². The first-order valence-electron chi connectivity index (χ1n) is 12.0. The lowest BCUT2D eigenvalue weighted by atomic mass is 9.67. The Bertz CT molecular complexity index is 1280. The molecule has 1 saturated carbocycles. The smallest absolute Gasteiger partial charge is 0.490 e. The number of ether oxygens (including phenoxy) is 3. The number of nitrogens with two attached hydrogens (primary N) is 1. The zero-order chi connectivity index (χ0) is 27.7. The molecule has 202 valence electrons. The minimum Gasteiger partial charge on any atom is -0.490 e. The summed E-state index contributed by atoms with van der Waals surface area (Å²) < 4.78 is 50.1. The lowest BCUT2D eigenvalue weighted by Gasteiger charge is -2.48. The molecule has 9 nitrogen and oxygen atoms in total. The van der Waals surface area contributed by atoms with Crippen LogP contribution in [0.1, 0.15) is 44.2 Å². The van der Waals surface area contributed by atoms with E-state index < -0.39 is 17.7 Å². The average Bonchev–Trinajstić information content (AvgIpc) is 3.26. The number of aliphatic carboxylic acids is 1. The molecule has 38 heavy (non-hydrogen) atoms. The molecule has 12 heteroatoms. The highest BCUT2D eigenvalue weighted by Crippen LogP contribution is 2.53. The number of carbonyl (C=O) groups is 1. The van der Waals surface area contributed by atoms with Crippen LogP contribution < -0.4 is 10.5 Å². The number of pyridine rings is 1. The van der Waals surface area contributed by atoms with Gasteiger partial charge >= 0.3 is 12.1 Å². The first-order chi connectivity index (χ1) is 17.9. The van der Waals surface area contributed by atoms with Crippen LogP contribution in [0.25, 0.3) is 11.1 Å². The summed E-state index contributed by atoms with van der Waals surface area (Å²) in [7, 11) is 0. The molecule has 3 N–H and O–H groups in total. The maximum Gasteiger partial charge on any atom is 0.490 e. The van der Waals surface area contributed by atoms with Crippen LogP contribution in [0.3, 0.4) is 0 Å². The standard InChI is InChI=1S/C24H26N4O3.C2HF3O2/c1-14(2)30-18-4-6-22-20(9-18)24(13-29-23(26)28-24)19-8-16(3-5-21(19)31-22)17-7-15(10-25)11-27-12-17;3-2(4,5)1(6)7/h3,5,7-8,11-12,14,18,20,22H,4,6,9,13H2,1-2H3,(H2,26,28);(H,6,7)/t18-,20-,22-,24+;/m0./s1. The van der Waals surface area contributed by atoms with E-state index >= 15 is 0 Å². The van der Waals surface area contributed by atoms with Gasteiger partial charge in [0.2, 0.25) is 0 Å². The van der Waals surface area contributed by atoms with Gasteiger partial charge in [0, 0.05) is 29.4 Å². The number of amidine groups is 1. The zero-order valence-corrected chi connectivity index (χ0v) is 20.7. The predicted molar refractivity (Wildman–Crippen MR) is 129 cm³/mol. The van der Waals surface area contributed by atoms with Gasteiger partial charge in [-0.25, -0.2) is 9.79 Å². The number of carboxylic acids is 1. The topological polar surface area (TPSA) is 140 Å². The number of benzene rings is 1. The molecule has 0 bridgehead atoms. The maximum atomic E-state index is 10.6. The zero-order valence-electron chi connectivity index (χ0n) is 20.7. The second kappa shape index (κ2) is 10.5. The molecular formula is C26H27F3N4O5. The summed E-state index contributed by atoms with van der Waals surface area (Å²) in [6.07, 6.45) is 1.35. The van der Waals surface area contributed by atoms with Gasteiger partial charge in [0.15, 0.2) is 0 Å². The summed E-state index contributed by atoms with van der Waals surface area (Å²) in [4.78, 5) is 18.0. The van der Waals surface area contributed by atoms with Crippen molar-refractivity contribution < 1.29 is 37.3 Å². The quantitative estimate of drug-likeness (QED) is 0.601. The summed E-state index contributed by atoms with van der Waals surface area (Å²) in [5.41, 5.74) is 8.75. The van der Waals surface area contributed by atoms with Crippen molar-refractivity contribution >= 4 is 12.0 Å². The monoisotopic (exact) mass is 532 g/mol. The van der Waals surface area contributed by atoms with Gasteiger partial charge in [-0.3, -0.25) is 4.98 Å². The van der Waals surface area contributed by atoms with Crippen molar-refractivity contribution in [3.05, 3.63) is 47.8 Å². The number of aromatic nitrogens is 1. The second-order valence-electron chi connectivity index (χ2n) is 9.63. The lowest BCUT2D eigenvalue weighted by Crippen LogP contribution is -2.52. The number of hydrogen-bond acceptors (Lipinski definition) is 8. The van der Waals surface area contributed by atoms with Gasteiger partial charge in [-0.15, -0.1) is 0 Å². The van der Waals surface area contributed by atoms with E-state index in [-0.39, 0.29) is 30.3 Å². The minimum atomic E-state index is -5.08. The van der Waals surface area contributed by atoms with E-state index in [0.29, 0.717) is 12.2 Å². The number of rotatable bonds is 3. The van der Waals surface area contributed by atoms with Gasteiger partial charge in [-0.2, -0.15) is 18.4 Å². The second-order valence-corrected chi connectivity index (χ2v) is 9.63. The van der Waals surface area contributed by atoms with Crippen LogP contribution in [0.4, 0.5) is 13.2 Å². The molecule has 1 aromatic carbocycles. The molecule has 1 spiro atoms. The van der Waals surface area contributed by atoms with Crippen molar-refractivity contribution in [2.75, 3.05) is 6.61 Å². The van der Waals surface area contributed by atoms with Crippen LogP contribution in [0.2, 0.25) is 0 Å². The fourth-order valence-corrected chi connectivity index (χ4v) is 5.20. The van der Waals surface area contributed by atoms with Crippen LogP contribution in [0, 0.1) is 17.2 Å². The molecule has 3 aliphatic rings. The number of nitriles is 1. The lowest BCUT2D eigenvalue weighted by molar-refractivity contribution is -0.192. The number of alkyl halides is 3. The third-order valence-corrected chi connectivity index (χ3v) is 6.73. The molecule has 2 aromatic rings. The van der Waals surface area contributed by atoms with E-state index in [1.165, 1.54) is 0 Å². The van der Waals surface area contributed by atoms with Crippen molar-refractivity contribution in [2.45, 2.75) is 63.1 Å². The van der Waals surface area contributed by atoms with Crippen molar-refractivity contribution in [3.63, 3.8) is 0 Å². The molecule has 1 fully saturated rings. The van der Waals surface area contributed by atoms with Crippen LogP contribution in [0.5, 0.6) is 5.75 Å². The van der Waals surface area contributed by atoms with E-state index in [1.807, 2.05) is 18.2 Å². The highest BCUT2D eigenvalue weighted by atomic mass is 19.4. The third kappa shape index (κ3) is 5.52. The van der Waals surface area contributed by atoms with Gasteiger partial charge in [-0.1, -0.05) is 6.07 Å². The van der Waals surface area contributed by atoms with Crippen molar-refractivity contribution in [3.8, 4) is 22.9 Å². The third-order valence-electron chi connectivity index (χ3n) is 6.73. The molecule has 4 atom stereocenters. The van der Waals surface area contributed by atoms with Gasteiger partial charge in [-0.05, 0) is 56.9 Å². The molecule has 0 amide bonds. The van der Waals surface area contributed by atoms with E-state index in [0.717, 1.165) is 41.7 Å². The van der Waals surface area contributed by atoms with Crippen molar-refractivity contribution in [1.82, 2.24) is 4.98 Å². The number of nitrogens with zero attached hydrogens (tertiary/aromatic N) is 3. The molecular weight excluding hydrogens is 505 g/mol. The Hall–Kier alpha value is -3.85. The van der Waals surface area contributed by atoms with Gasteiger partial charge in [0.1, 0.15) is 30.1 Å². The summed E-state index contributed by atoms with van der Waals surface area (Å²) in [5.74, 6) is -1.83.